The molecule has 96 valence electrons. The fourth-order valence-corrected chi connectivity index (χ4v) is 2.04. The summed E-state index contributed by atoms with van der Waals surface area (Å²) in [4.78, 5) is 11.1. The molecule has 0 aliphatic heterocycles. The number of carbonyl (C=O) groups is 1. The van der Waals surface area contributed by atoms with Crippen LogP contribution in [0.3, 0.4) is 0 Å². The Kier molecular flexibility index (Phi) is 4.14. The molecule has 0 aliphatic carbocycles. The van der Waals surface area contributed by atoms with Crippen molar-refractivity contribution < 1.29 is 9.90 Å². The van der Waals surface area contributed by atoms with Crippen LogP contribution in [0.25, 0.3) is 0 Å². The Morgan fingerprint density at radius 2 is 2.12 bits per heavy atom. The summed E-state index contributed by atoms with van der Waals surface area (Å²) in [6, 6.07) is 0. The van der Waals surface area contributed by atoms with Crippen LogP contribution in [0.1, 0.15) is 43.7 Å². The minimum absolute atomic E-state index is 0.119. The van der Waals surface area contributed by atoms with Gasteiger partial charge in [-0.1, -0.05) is 27.7 Å². The van der Waals surface area contributed by atoms with Crippen molar-refractivity contribution in [2.45, 2.75) is 34.6 Å². The van der Waals surface area contributed by atoms with E-state index in [1.165, 1.54) is 11.5 Å². The number of rotatable bonds is 5. The maximum absolute atomic E-state index is 11.1. The van der Waals surface area contributed by atoms with Crippen LogP contribution < -0.4 is 5.32 Å². The molecule has 0 aromatic carbocycles. The smallest absolute Gasteiger partial charge is 0.340 e. The molecule has 5 heteroatoms. The molecule has 0 amide bonds. The summed E-state index contributed by atoms with van der Waals surface area (Å²) >= 11 is 1.21. The molecule has 0 spiro atoms. The number of aromatic carboxylic acids is 1. The van der Waals surface area contributed by atoms with Crippen LogP contribution in [0.4, 0.5) is 5.00 Å². The number of nitrogens with one attached hydrogen (secondary N) is 1. The summed E-state index contributed by atoms with van der Waals surface area (Å²) in [6.07, 6.45) is 0. The molecule has 1 heterocycles. The minimum Gasteiger partial charge on any atom is -0.478 e. The predicted molar refractivity (Wildman–Crippen MR) is 70.9 cm³/mol. The third-order valence-corrected chi connectivity index (χ3v) is 4.24. The first-order valence-electron chi connectivity index (χ1n) is 5.69. The van der Waals surface area contributed by atoms with Gasteiger partial charge in [0.25, 0.3) is 0 Å². The summed E-state index contributed by atoms with van der Waals surface area (Å²) in [5.74, 6) is -0.390. The summed E-state index contributed by atoms with van der Waals surface area (Å²) in [7, 11) is 0. The van der Waals surface area contributed by atoms with E-state index in [0.29, 0.717) is 22.2 Å². The molecule has 0 unspecified atom stereocenters. The van der Waals surface area contributed by atoms with Crippen LogP contribution in [0, 0.1) is 18.3 Å². The number of carboxylic acids is 1. The van der Waals surface area contributed by atoms with Gasteiger partial charge in [0, 0.05) is 6.54 Å². The van der Waals surface area contributed by atoms with Crippen molar-refractivity contribution in [3.8, 4) is 0 Å². The van der Waals surface area contributed by atoms with E-state index in [4.69, 9.17) is 5.11 Å². The summed E-state index contributed by atoms with van der Waals surface area (Å²) < 4.78 is 4.08. The first-order chi connectivity index (χ1) is 7.75. The molecule has 17 heavy (non-hydrogen) atoms. The Bertz CT molecular complexity index is 411. The van der Waals surface area contributed by atoms with Gasteiger partial charge in [0.05, 0.1) is 5.69 Å². The molecular formula is C12H20N2O2S. The summed E-state index contributed by atoms with van der Waals surface area (Å²) in [6.45, 7) is 11.1. The highest BCUT2D eigenvalue weighted by atomic mass is 32.1. The van der Waals surface area contributed by atoms with Gasteiger partial charge < -0.3 is 10.4 Å². The Balaban J connectivity index is 2.80. The fourth-order valence-electron chi connectivity index (χ4n) is 1.25. The van der Waals surface area contributed by atoms with E-state index in [0.717, 1.165) is 6.54 Å². The maximum atomic E-state index is 11.1. The van der Waals surface area contributed by atoms with Gasteiger partial charge in [-0.25, -0.2) is 4.79 Å². The number of hydrogen-bond acceptors (Lipinski definition) is 4. The van der Waals surface area contributed by atoms with E-state index in [1.54, 1.807) is 6.92 Å². The molecule has 0 bridgehead atoms. The van der Waals surface area contributed by atoms with Crippen molar-refractivity contribution in [1.29, 1.82) is 0 Å². The van der Waals surface area contributed by atoms with Crippen LogP contribution in [0.5, 0.6) is 0 Å². The number of aromatic nitrogens is 1. The molecule has 0 fully saturated rings. The zero-order valence-electron chi connectivity index (χ0n) is 11.0. The highest BCUT2D eigenvalue weighted by molar-refractivity contribution is 7.10. The van der Waals surface area contributed by atoms with E-state index >= 15 is 0 Å². The average Bonchev–Trinajstić information content (AvgIpc) is 2.56. The summed E-state index contributed by atoms with van der Waals surface area (Å²) in [5, 5.41) is 13.0. The third-order valence-electron chi connectivity index (χ3n) is 3.34. The number of nitrogens with zero attached hydrogens (tertiary/aromatic N) is 1. The van der Waals surface area contributed by atoms with Crippen LogP contribution in [-0.2, 0) is 0 Å². The van der Waals surface area contributed by atoms with E-state index in [-0.39, 0.29) is 5.41 Å². The lowest BCUT2D eigenvalue weighted by Gasteiger charge is -2.29. The maximum Gasteiger partial charge on any atom is 0.340 e. The van der Waals surface area contributed by atoms with Crippen molar-refractivity contribution in [3.63, 3.8) is 0 Å². The summed E-state index contributed by atoms with van der Waals surface area (Å²) in [5.41, 5.74) is 0.995. The van der Waals surface area contributed by atoms with Crippen molar-refractivity contribution in [2.24, 2.45) is 11.3 Å². The standard InChI is InChI=1S/C12H20N2O2S/c1-7(2)12(4,5)6-13-10-9(11(15)16)8(3)14-17-10/h7,13H,6H2,1-5H3,(H,15,16). The van der Waals surface area contributed by atoms with Crippen molar-refractivity contribution in [2.75, 3.05) is 11.9 Å². The molecule has 0 radical (unpaired) electrons. The van der Waals surface area contributed by atoms with E-state index in [2.05, 4.69) is 37.4 Å². The van der Waals surface area contributed by atoms with Gasteiger partial charge in [0.15, 0.2) is 0 Å². The molecule has 0 saturated carbocycles. The first-order valence-corrected chi connectivity index (χ1v) is 6.46. The molecule has 0 saturated heterocycles. The number of aryl methyl sites for hydroxylation is 1. The van der Waals surface area contributed by atoms with Gasteiger partial charge in [0.2, 0.25) is 0 Å². The Morgan fingerprint density at radius 3 is 2.59 bits per heavy atom. The van der Waals surface area contributed by atoms with Crippen molar-refractivity contribution >= 4 is 22.5 Å². The second-order valence-corrected chi connectivity index (χ2v) is 6.05. The predicted octanol–water partition coefficient (Wildman–Crippen LogP) is 3.24. The fraction of sp³-hybridized carbons (Fsp3) is 0.667. The topological polar surface area (TPSA) is 62.2 Å². The molecule has 1 rings (SSSR count). The van der Waals surface area contributed by atoms with Gasteiger partial charge in [-0.05, 0) is 29.8 Å². The van der Waals surface area contributed by atoms with Gasteiger partial charge in [-0.2, -0.15) is 4.37 Å². The van der Waals surface area contributed by atoms with Crippen LogP contribution >= 0.6 is 11.5 Å². The number of hydrogen-bond donors (Lipinski definition) is 2. The van der Waals surface area contributed by atoms with Crippen LogP contribution in [0.2, 0.25) is 0 Å². The van der Waals surface area contributed by atoms with Gasteiger partial charge in [-0.3, -0.25) is 0 Å². The highest BCUT2D eigenvalue weighted by Crippen LogP contribution is 2.29. The normalized spacial score (nSPS) is 11.9. The zero-order valence-corrected chi connectivity index (χ0v) is 11.8. The zero-order chi connectivity index (χ0) is 13.2. The molecule has 2 N–H and O–H groups in total. The molecular weight excluding hydrogens is 236 g/mol. The van der Waals surface area contributed by atoms with Gasteiger partial charge in [-0.15, -0.1) is 0 Å². The Labute approximate surface area is 106 Å². The minimum atomic E-state index is -0.916. The molecule has 0 atom stereocenters. The number of carboxylic acid groups (broad SMARTS) is 1. The van der Waals surface area contributed by atoms with E-state index in [1.807, 2.05) is 0 Å². The van der Waals surface area contributed by atoms with Crippen molar-refractivity contribution in [3.05, 3.63) is 11.3 Å². The molecule has 4 nitrogen and oxygen atoms in total. The quantitative estimate of drug-likeness (QED) is 0.849. The van der Waals surface area contributed by atoms with Crippen molar-refractivity contribution in [1.82, 2.24) is 4.37 Å². The molecule has 1 aromatic rings. The number of anilines is 1. The average molecular weight is 256 g/mol. The lowest BCUT2D eigenvalue weighted by Crippen LogP contribution is -2.28. The molecule has 0 aliphatic rings. The first kappa shape index (κ1) is 14.0. The second kappa shape index (κ2) is 5.04. The SMILES string of the molecule is Cc1nsc(NCC(C)(C)C(C)C)c1C(=O)O. The van der Waals surface area contributed by atoms with Gasteiger partial charge >= 0.3 is 5.97 Å². The lowest BCUT2D eigenvalue weighted by atomic mass is 9.81. The Morgan fingerprint density at radius 1 is 1.53 bits per heavy atom. The molecule has 1 aromatic heterocycles. The van der Waals surface area contributed by atoms with Crippen LogP contribution in [-0.4, -0.2) is 22.0 Å². The Hall–Kier alpha value is -1.10. The largest absolute Gasteiger partial charge is 0.478 e. The lowest BCUT2D eigenvalue weighted by molar-refractivity contribution is 0.0697. The van der Waals surface area contributed by atoms with E-state index < -0.39 is 5.97 Å². The highest BCUT2D eigenvalue weighted by Gasteiger charge is 2.24. The van der Waals surface area contributed by atoms with Crippen LogP contribution in [0.15, 0.2) is 0 Å². The third kappa shape index (κ3) is 3.19. The van der Waals surface area contributed by atoms with Gasteiger partial charge in [0.1, 0.15) is 10.6 Å². The second-order valence-electron chi connectivity index (χ2n) is 5.27. The van der Waals surface area contributed by atoms with E-state index in [9.17, 15) is 4.79 Å². The monoisotopic (exact) mass is 256 g/mol.